The van der Waals surface area contributed by atoms with Crippen LogP contribution in [-0.4, -0.2) is 19.7 Å². The number of nitrogens with one attached hydrogen (secondary N) is 1. The van der Waals surface area contributed by atoms with Gasteiger partial charge in [0.05, 0.1) is 6.61 Å². The summed E-state index contributed by atoms with van der Waals surface area (Å²) >= 11 is 11.7. The number of halogens is 2. The molecule has 1 N–H and O–H groups in total. The third-order valence-electron chi connectivity index (χ3n) is 1.82. The number of hydrogen-bond donors (Lipinski definition) is 1. The molecule has 0 aliphatic carbocycles. The fraction of sp³-hybridized carbons (Fsp3) is 0.300. The van der Waals surface area contributed by atoms with E-state index in [1.807, 2.05) is 6.07 Å². The molecule has 15 heavy (non-hydrogen) atoms. The van der Waals surface area contributed by atoms with Crippen LogP contribution in [0.3, 0.4) is 0 Å². The third-order valence-corrected chi connectivity index (χ3v) is 2.41. The van der Waals surface area contributed by atoms with E-state index in [1.54, 1.807) is 12.1 Å². The Morgan fingerprint density at radius 2 is 2.20 bits per heavy atom. The van der Waals surface area contributed by atoms with E-state index in [0.717, 1.165) is 5.56 Å². The maximum absolute atomic E-state index is 10.8. The highest BCUT2D eigenvalue weighted by Gasteiger charge is 2.03. The molecule has 1 aromatic carbocycles. The molecule has 0 aliphatic rings. The standard InChI is InChI=1S/C10H11Cl2NO2/c1-13-10(14)15-5-4-7-2-3-8(11)6-9(7)12/h2-3,6H,4-5H2,1H3,(H,13,14). The quantitative estimate of drug-likeness (QED) is 0.893. The van der Waals surface area contributed by atoms with Crippen LogP contribution < -0.4 is 5.32 Å². The van der Waals surface area contributed by atoms with Crippen LogP contribution in [0.15, 0.2) is 18.2 Å². The van der Waals surface area contributed by atoms with Crippen molar-refractivity contribution in [1.82, 2.24) is 5.32 Å². The minimum Gasteiger partial charge on any atom is -0.449 e. The largest absolute Gasteiger partial charge is 0.449 e. The maximum atomic E-state index is 10.8. The van der Waals surface area contributed by atoms with E-state index in [-0.39, 0.29) is 0 Å². The molecule has 0 spiro atoms. The Balaban J connectivity index is 2.47. The first-order valence-corrected chi connectivity index (χ1v) is 5.17. The lowest BCUT2D eigenvalue weighted by atomic mass is 10.2. The Bertz CT molecular complexity index is 355. The van der Waals surface area contributed by atoms with E-state index in [2.05, 4.69) is 5.32 Å². The van der Waals surface area contributed by atoms with Crippen molar-refractivity contribution in [3.63, 3.8) is 0 Å². The summed E-state index contributed by atoms with van der Waals surface area (Å²) in [6.07, 6.45) is 0.128. The van der Waals surface area contributed by atoms with Gasteiger partial charge in [0.1, 0.15) is 0 Å². The fourth-order valence-corrected chi connectivity index (χ4v) is 1.55. The minimum absolute atomic E-state index is 0.293. The molecule has 0 radical (unpaired) electrons. The van der Waals surface area contributed by atoms with Gasteiger partial charge in [0, 0.05) is 23.5 Å². The Morgan fingerprint density at radius 3 is 2.80 bits per heavy atom. The Hall–Kier alpha value is -0.930. The van der Waals surface area contributed by atoms with Crippen LogP contribution in [-0.2, 0) is 11.2 Å². The monoisotopic (exact) mass is 247 g/mol. The Morgan fingerprint density at radius 1 is 1.47 bits per heavy atom. The second-order valence-corrected chi connectivity index (χ2v) is 3.72. The van der Waals surface area contributed by atoms with E-state index in [9.17, 15) is 4.79 Å². The van der Waals surface area contributed by atoms with Crippen LogP contribution in [0.25, 0.3) is 0 Å². The zero-order chi connectivity index (χ0) is 11.3. The highest BCUT2D eigenvalue weighted by molar-refractivity contribution is 6.35. The molecular weight excluding hydrogens is 237 g/mol. The lowest BCUT2D eigenvalue weighted by molar-refractivity contribution is 0.150. The zero-order valence-electron chi connectivity index (χ0n) is 8.22. The van der Waals surface area contributed by atoms with Crippen LogP contribution in [0, 0.1) is 0 Å². The summed E-state index contributed by atoms with van der Waals surface area (Å²) in [6.45, 7) is 0.293. The van der Waals surface area contributed by atoms with Gasteiger partial charge < -0.3 is 10.1 Å². The lowest BCUT2D eigenvalue weighted by Gasteiger charge is -2.05. The number of amides is 1. The van der Waals surface area contributed by atoms with Crippen molar-refractivity contribution < 1.29 is 9.53 Å². The minimum atomic E-state index is -0.444. The lowest BCUT2D eigenvalue weighted by Crippen LogP contribution is -2.20. The molecule has 1 rings (SSSR count). The van der Waals surface area contributed by atoms with Gasteiger partial charge in [0.25, 0.3) is 0 Å². The van der Waals surface area contributed by atoms with Crippen molar-refractivity contribution in [2.24, 2.45) is 0 Å². The molecule has 1 amide bonds. The molecule has 1 aromatic rings. The second kappa shape index (κ2) is 5.83. The fourth-order valence-electron chi connectivity index (χ4n) is 1.05. The number of hydrogen-bond acceptors (Lipinski definition) is 2. The van der Waals surface area contributed by atoms with Gasteiger partial charge in [-0.1, -0.05) is 29.3 Å². The molecule has 0 fully saturated rings. The van der Waals surface area contributed by atoms with Crippen LogP contribution >= 0.6 is 23.2 Å². The number of rotatable bonds is 3. The molecule has 0 atom stereocenters. The smallest absolute Gasteiger partial charge is 0.406 e. The number of ether oxygens (including phenoxy) is 1. The summed E-state index contributed by atoms with van der Waals surface area (Å²) < 4.78 is 4.84. The second-order valence-electron chi connectivity index (χ2n) is 2.87. The van der Waals surface area contributed by atoms with Crippen molar-refractivity contribution in [2.75, 3.05) is 13.7 Å². The van der Waals surface area contributed by atoms with Crippen LogP contribution in [0.2, 0.25) is 10.0 Å². The van der Waals surface area contributed by atoms with Crippen molar-refractivity contribution in [1.29, 1.82) is 0 Å². The highest BCUT2D eigenvalue weighted by Crippen LogP contribution is 2.21. The predicted molar refractivity (Wildman–Crippen MR) is 60.6 cm³/mol. The summed E-state index contributed by atoms with van der Waals surface area (Å²) in [5.41, 5.74) is 0.907. The number of benzene rings is 1. The van der Waals surface area contributed by atoms with Gasteiger partial charge in [-0.3, -0.25) is 0 Å². The molecule has 0 heterocycles. The molecule has 82 valence electrons. The maximum Gasteiger partial charge on any atom is 0.406 e. The average molecular weight is 248 g/mol. The molecule has 0 aliphatic heterocycles. The third kappa shape index (κ3) is 3.98. The molecule has 0 unspecified atom stereocenters. The van der Waals surface area contributed by atoms with E-state index >= 15 is 0 Å². The van der Waals surface area contributed by atoms with Crippen LogP contribution in [0.4, 0.5) is 4.79 Å². The zero-order valence-corrected chi connectivity index (χ0v) is 9.73. The first kappa shape index (κ1) is 12.1. The molecule has 3 nitrogen and oxygen atoms in total. The van der Waals surface area contributed by atoms with Crippen molar-refractivity contribution in [3.8, 4) is 0 Å². The summed E-state index contributed by atoms with van der Waals surface area (Å²) in [5, 5.41) is 3.54. The summed E-state index contributed by atoms with van der Waals surface area (Å²) in [4.78, 5) is 10.8. The van der Waals surface area contributed by atoms with E-state index in [1.165, 1.54) is 7.05 Å². The Kier molecular flexibility index (Phi) is 4.72. The molecule has 0 bridgehead atoms. The molecule has 0 aromatic heterocycles. The van der Waals surface area contributed by atoms with Gasteiger partial charge in [0.2, 0.25) is 0 Å². The summed E-state index contributed by atoms with van der Waals surface area (Å²) in [6, 6.07) is 5.23. The molecule has 0 saturated heterocycles. The summed E-state index contributed by atoms with van der Waals surface area (Å²) in [7, 11) is 1.51. The van der Waals surface area contributed by atoms with Crippen molar-refractivity contribution >= 4 is 29.3 Å². The topological polar surface area (TPSA) is 38.3 Å². The van der Waals surface area contributed by atoms with Crippen molar-refractivity contribution in [3.05, 3.63) is 33.8 Å². The average Bonchev–Trinajstić information content (AvgIpc) is 2.21. The highest BCUT2D eigenvalue weighted by atomic mass is 35.5. The first-order chi connectivity index (χ1) is 7.13. The predicted octanol–water partition coefficient (Wildman–Crippen LogP) is 2.89. The van der Waals surface area contributed by atoms with Crippen LogP contribution in [0.5, 0.6) is 0 Å². The molecule has 5 heteroatoms. The molecular formula is C10H11Cl2NO2. The van der Waals surface area contributed by atoms with E-state index in [0.29, 0.717) is 23.1 Å². The number of alkyl carbamates (subject to hydrolysis) is 1. The Labute approximate surface area is 98.3 Å². The first-order valence-electron chi connectivity index (χ1n) is 4.42. The van der Waals surface area contributed by atoms with Gasteiger partial charge in [-0.2, -0.15) is 0 Å². The van der Waals surface area contributed by atoms with E-state index in [4.69, 9.17) is 27.9 Å². The summed E-state index contributed by atoms with van der Waals surface area (Å²) in [5.74, 6) is 0. The van der Waals surface area contributed by atoms with Gasteiger partial charge in [-0.05, 0) is 17.7 Å². The van der Waals surface area contributed by atoms with Crippen LogP contribution in [0.1, 0.15) is 5.56 Å². The SMILES string of the molecule is CNC(=O)OCCc1ccc(Cl)cc1Cl. The molecule has 0 saturated carbocycles. The van der Waals surface area contributed by atoms with Gasteiger partial charge in [-0.25, -0.2) is 4.79 Å². The van der Waals surface area contributed by atoms with Gasteiger partial charge in [0.15, 0.2) is 0 Å². The van der Waals surface area contributed by atoms with Gasteiger partial charge >= 0.3 is 6.09 Å². The normalized spacial score (nSPS) is 9.80. The number of carbonyl (C=O) groups excluding carboxylic acids is 1. The van der Waals surface area contributed by atoms with E-state index < -0.39 is 6.09 Å². The number of carbonyl (C=O) groups is 1. The van der Waals surface area contributed by atoms with Crippen molar-refractivity contribution in [2.45, 2.75) is 6.42 Å². The van der Waals surface area contributed by atoms with Gasteiger partial charge in [-0.15, -0.1) is 0 Å².